The van der Waals surface area contributed by atoms with E-state index in [4.69, 9.17) is 74.3 Å². The Balaban J connectivity index is 0.000000149. The Bertz CT molecular complexity index is 2770. The number of imide groups is 1. The molecule has 6 aromatic carbocycles. The van der Waals surface area contributed by atoms with Gasteiger partial charge in [0.1, 0.15) is 30.4 Å². The predicted octanol–water partition coefficient (Wildman–Crippen LogP) is 10.8. The SMILES string of the molecule is COc1c(O)cc(F)cc1-c1c(Cl)cccc1Cl.COc1c(OCC2CO2)cc(F)cc1-c1c(Cl)cccc1Cl.Cc1ccc(S(=O)(=O)OCC2CO2)cc1.O=C1NC(=O)c2ccccc21. The van der Waals surface area contributed by atoms with Crippen LogP contribution in [-0.2, 0) is 23.8 Å². The molecule has 3 aliphatic rings. The molecule has 2 amide bonds. The molecule has 0 aromatic heterocycles. The summed E-state index contributed by atoms with van der Waals surface area (Å²) in [5, 5.41) is 13.4. The van der Waals surface area contributed by atoms with Crippen LogP contribution in [0.3, 0.4) is 0 Å². The van der Waals surface area contributed by atoms with Crippen molar-refractivity contribution >= 4 is 68.3 Å². The number of nitrogens with one attached hydrogen (secondary N) is 1. The fraction of sp³-hybridized carbons (Fsp3) is 0.191. The average molecular weight is 1010 g/mol. The number of epoxide rings is 2. The van der Waals surface area contributed by atoms with Crippen molar-refractivity contribution in [2.45, 2.75) is 24.0 Å². The smallest absolute Gasteiger partial charge is 0.297 e. The third kappa shape index (κ3) is 12.9. The number of hydrogen-bond acceptors (Lipinski definition) is 11. The molecule has 9 rings (SSSR count). The normalized spacial score (nSPS) is 15.3. The number of benzene rings is 6. The van der Waals surface area contributed by atoms with Gasteiger partial charge in [-0.3, -0.25) is 19.1 Å². The van der Waals surface area contributed by atoms with Crippen molar-refractivity contribution in [2.75, 3.05) is 40.6 Å². The van der Waals surface area contributed by atoms with Crippen LogP contribution in [0.5, 0.6) is 23.0 Å². The van der Waals surface area contributed by atoms with Gasteiger partial charge >= 0.3 is 0 Å². The number of fused-ring (bicyclic) bond motifs is 1. The molecule has 2 fully saturated rings. The summed E-state index contributed by atoms with van der Waals surface area (Å²) in [6.45, 7) is 3.59. The first kappa shape index (κ1) is 49.9. The van der Waals surface area contributed by atoms with E-state index in [-0.39, 0.29) is 47.0 Å². The van der Waals surface area contributed by atoms with E-state index >= 15 is 0 Å². The number of aryl methyl sites for hydroxylation is 1. The summed E-state index contributed by atoms with van der Waals surface area (Å²) in [5.41, 5.74) is 3.65. The highest BCUT2D eigenvalue weighted by Crippen LogP contribution is 2.46. The van der Waals surface area contributed by atoms with E-state index in [1.54, 1.807) is 84.9 Å². The van der Waals surface area contributed by atoms with Crippen LogP contribution in [0.4, 0.5) is 8.78 Å². The summed E-state index contributed by atoms with van der Waals surface area (Å²) in [6, 6.07) is 28.1. The van der Waals surface area contributed by atoms with Crippen LogP contribution in [0.2, 0.25) is 20.1 Å². The Morgan fingerprint density at radius 3 is 1.58 bits per heavy atom. The van der Waals surface area contributed by atoms with Crippen LogP contribution in [0, 0.1) is 18.6 Å². The zero-order chi connectivity index (χ0) is 47.7. The van der Waals surface area contributed by atoms with E-state index in [2.05, 4.69) is 5.32 Å². The molecule has 66 heavy (non-hydrogen) atoms. The zero-order valence-electron chi connectivity index (χ0n) is 35.1. The Morgan fingerprint density at radius 1 is 0.652 bits per heavy atom. The van der Waals surface area contributed by atoms with Gasteiger partial charge in [0, 0.05) is 34.4 Å². The van der Waals surface area contributed by atoms with Gasteiger partial charge in [0.15, 0.2) is 23.0 Å². The zero-order valence-corrected chi connectivity index (χ0v) is 38.9. The molecule has 0 spiro atoms. The fourth-order valence-corrected chi connectivity index (χ4v) is 8.27. The first-order valence-corrected chi connectivity index (χ1v) is 22.5. The second-order valence-corrected chi connectivity index (χ2v) is 17.5. The third-order valence-electron chi connectivity index (χ3n) is 9.52. The van der Waals surface area contributed by atoms with Crippen LogP contribution in [0.1, 0.15) is 26.3 Å². The van der Waals surface area contributed by atoms with Crippen molar-refractivity contribution in [2.24, 2.45) is 0 Å². The molecule has 2 atom stereocenters. The minimum Gasteiger partial charge on any atom is -0.504 e. The van der Waals surface area contributed by atoms with Gasteiger partial charge in [0.25, 0.3) is 21.9 Å². The Hall–Kier alpha value is -5.49. The molecule has 0 saturated carbocycles. The van der Waals surface area contributed by atoms with Gasteiger partial charge < -0.3 is 28.8 Å². The highest BCUT2D eigenvalue weighted by atomic mass is 35.5. The molecule has 2 unspecified atom stereocenters. The number of carbonyl (C=O) groups excluding carboxylic acids is 2. The summed E-state index contributed by atoms with van der Waals surface area (Å²) < 4.78 is 81.4. The summed E-state index contributed by atoms with van der Waals surface area (Å²) in [5.74, 6) is -1.15. The summed E-state index contributed by atoms with van der Waals surface area (Å²) in [4.78, 5) is 22.1. The van der Waals surface area contributed by atoms with Crippen molar-refractivity contribution in [3.05, 3.63) is 158 Å². The standard InChI is InChI=1S/C16H13Cl2FO3.C13H9Cl2FO2.C10H12O4S.C8H5NO2/c1-20-16-11(15-12(17)3-2-4-13(15)18)5-9(19)6-14(16)22-8-10-7-21-10;1-18-13-8(5-7(16)6-11(13)17)12-9(14)3-2-4-10(12)15;1-8-2-4-10(5-3-8)15(11,12)14-7-9-6-13-9;10-7-5-3-1-2-4-6(5)8(11)9-7/h2-6,10H,7-8H2,1H3;2-6,17H,1H3;2-5,9H,6-7H2,1H3;1-4H,(H,9,10,11). The summed E-state index contributed by atoms with van der Waals surface area (Å²) in [7, 11) is -0.748. The molecule has 2 saturated heterocycles. The monoisotopic (exact) mass is 1000 g/mol. The number of amides is 2. The molecule has 6 aromatic rings. The highest BCUT2D eigenvalue weighted by molar-refractivity contribution is 7.86. The number of phenolic OH excluding ortho intramolecular Hbond substituents is 1. The van der Waals surface area contributed by atoms with Crippen LogP contribution in [-0.4, -0.2) is 78.2 Å². The fourth-order valence-electron chi connectivity index (χ4n) is 6.13. The number of methoxy groups -OCH3 is 2. The molecule has 0 bridgehead atoms. The second-order valence-electron chi connectivity index (χ2n) is 14.3. The molecule has 0 aliphatic carbocycles. The Morgan fingerprint density at radius 2 is 1.11 bits per heavy atom. The minimum absolute atomic E-state index is 0.0507. The average Bonchev–Trinajstić information content (AvgIpc) is 4.22. The highest BCUT2D eigenvalue weighted by Gasteiger charge is 2.28. The van der Waals surface area contributed by atoms with Gasteiger partial charge in [0.05, 0.1) is 70.2 Å². The van der Waals surface area contributed by atoms with Gasteiger partial charge in [-0.1, -0.05) is 88.4 Å². The molecule has 0 radical (unpaired) electrons. The van der Waals surface area contributed by atoms with E-state index in [0.717, 1.165) is 11.6 Å². The van der Waals surface area contributed by atoms with E-state index in [9.17, 15) is 31.9 Å². The van der Waals surface area contributed by atoms with Crippen molar-refractivity contribution in [1.29, 1.82) is 0 Å². The molecule has 346 valence electrons. The Kier molecular flexibility index (Phi) is 16.9. The van der Waals surface area contributed by atoms with Gasteiger partial charge in [-0.25, -0.2) is 8.78 Å². The number of phenols is 1. The van der Waals surface area contributed by atoms with Crippen molar-refractivity contribution in [1.82, 2.24) is 5.32 Å². The number of ether oxygens (including phenoxy) is 5. The molecule has 3 aliphatic heterocycles. The number of carbonyl (C=O) groups is 2. The number of rotatable bonds is 11. The predicted molar refractivity (Wildman–Crippen MR) is 246 cm³/mol. The number of hydrogen-bond donors (Lipinski definition) is 2. The second kappa shape index (κ2) is 22.3. The first-order valence-electron chi connectivity index (χ1n) is 19.6. The van der Waals surface area contributed by atoms with E-state index < -0.39 is 21.8 Å². The summed E-state index contributed by atoms with van der Waals surface area (Å²) in [6.07, 6.45) is 0.00514. The molecule has 12 nitrogen and oxygen atoms in total. The van der Waals surface area contributed by atoms with Gasteiger partial charge in [-0.15, -0.1) is 0 Å². The van der Waals surface area contributed by atoms with Crippen LogP contribution < -0.4 is 19.5 Å². The molecular weight excluding hydrogens is 966 g/mol. The third-order valence-corrected chi connectivity index (χ3v) is 12.1. The lowest BCUT2D eigenvalue weighted by molar-refractivity contribution is 0.0879. The minimum atomic E-state index is -3.61. The molecule has 19 heteroatoms. The largest absolute Gasteiger partial charge is 0.504 e. The van der Waals surface area contributed by atoms with Gasteiger partial charge in [-0.2, -0.15) is 8.42 Å². The maximum absolute atomic E-state index is 14.0. The summed E-state index contributed by atoms with van der Waals surface area (Å²) >= 11 is 24.5. The molecular formula is C47H39Cl4F2NO11S. The quantitative estimate of drug-likeness (QED) is 0.0722. The van der Waals surface area contributed by atoms with Gasteiger partial charge in [0.2, 0.25) is 0 Å². The lowest BCUT2D eigenvalue weighted by Gasteiger charge is -2.16. The van der Waals surface area contributed by atoms with Crippen molar-refractivity contribution in [3.63, 3.8) is 0 Å². The van der Waals surface area contributed by atoms with Crippen LogP contribution >= 0.6 is 46.4 Å². The van der Waals surface area contributed by atoms with Crippen molar-refractivity contribution in [3.8, 4) is 45.3 Å². The lowest BCUT2D eigenvalue weighted by atomic mass is 10.0. The number of halogens is 6. The lowest BCUT2D eigenvalue weighted by Crippen LogP contribution is -2.19. The molecule has 2 N–H and O–H groups in total. The van der Waals surface area contributed by atoms with E-state index in [1.165, 1.54) is 32.4 Å². The number of aromatic hydroxyl groups is 1. The maximum atomic E-state index is 14.0. The van der Waals surface area contributed by atoms with Crippen molar-refractivity contribution < 1.29 is 59.8 Å². The van der Waals surface area contributed by atoms with Gasteiger partial charge in [-0.05, 0) is 67.6 Å². The van der Waals surface area contributed by atoms with E-state index in [0.29, 0.717) is 84.8 Å². The maximum Gasteiger partial charge on any atom is 0.297 e. The Labute approximate surface area is 398 Å². The first-order chi connectivity index (χ1) is 31.5. The topological polar surface area (TPSA) is 163 Å². The van der Waals surface area contributed by atoms with E-state index in [1.807, 2.05) is 6.92 Å². The van der Waals surface area contributed by atoms with Crippen LogP contribution in [0.25, 0.3) is 22.3 Å². The molecule has 3 heterocycles. The van der Waals surface area contributed by atoms with Crippen LogP contribution in [0.15, 0.2) is 114 Å².